The number of nitrogen functional groups attached to an aromatic ring is 2. The van der Waals surface area contributed by atoms with Crippen LogP contribution < -0.4 is 38.9 Å². The summed E-state index contributed by atoms with van der Waals surface area (Å²) in [6, 6.07) is 19.9. The van der Waals surface area contributed by atoms with Crippen LogP contribution in [0.5, 0.6) is 0 Å². The summed E-state index contributed by atoms with van der Waals surface area (Å²) in [6.07, 6.45) is 17.1. The number of nitrogens with two attached hydrogens (primary N) is 4. The first-order valence-corrected chi connectivity index (χ1v) is 45.8. The van der Waals surface area contributed by atoms with Crippen LogP contribution in [-0.4, -0.2) is 299 Å². The molecule has 0 unspecified atom stereocenters. The monoisotopic (exact) mass is 1910 g/mol. The minimum atomic E-state index is -1.21. The number of carbonyl (C=O) groups excluding carboxylic acids is 2. The number of rotatable bonds is 40. The molecule has 10 rings (SSSR count). The Morgan fingerprint density at radius 3 is 1.25 bits per heavy atom. The highest BCUT2D eigenvalue weighted by Gasteiger charge is 2.44. The second-order valence-corrected chi connectivity index (χ2v) is 37.5. The van der Waals surface area contributed by atoms with Gasteiger partial charge in [-0.3, -0.25) is 9.59 Å². The van der Waals surface area contributed by atoms with Crippen molar-refractivity contribution >= 4 is 98.7 Å². The van der Waals surface area contributed by atoms with Crippen molar-refractivity contribution in [1.29, 1.82) is 0 Å². The number of aromatic nitrogens is 8. The maximum atomic E-state index is 12.0. The fourth-order valence-electron chi connectivity index (χ4n) is 12.5. The molecule has 2 aliphatic heterocycles. The fraction of sp³-hybridized carbons (Fsp3) is 0.640. The Hall–Kier alpha value is -6.60. The number of halogens is 2. The average Bonchev–Trinajstić information content (AvgIpc) is 1.64. The maximum absolute atomic E-state index is 12.0. The highest BCUT2D eigenvalue weighted by atomic mass is 35.5. The van der Waals surface area contributed by atoms with Crippen molar-refractivity contribution in [2.45, 2.75) is 219 Å². The SMILES string of the molecule is CC(C)(C)OC(=O)CC1(CO)COC(C)(C)OC1.CCC(CO)(CO)NCC1=CCc2c(N)ncnc21.CCC(CO)(CO)NCc1cn(COCc2ccccc2)c2c(Cl)ncnc12.CCC(CO)(CO)NCc1cn(COCc2ccccc2)c2c(N)ncnc12.CSCC(N)(CO)CO.CSCC1(CC(=O)OC(C)(C)C)COC(C)(C)OC1.Cl.NC(CO)(CO)CO. The van der Waals surface area contributed by atoms with Gasteiger partial charge in [-0.25, -0.2) is 29.9 Å². The number of ether oxygens (including phenoxy) is 8. The van der Waals surface area contributed by atoms with Gasteiger partial charge < -0.3 is 147 Å². The smallest absolute Gasteiger partial charge is 0.307 e. The van der Waals surface area contributed by atoms with E-state index >= 15 is 0 Å². The molecular weight excluding hydrogens is 1770 g/mol. The normalized spacial score (nSPS) is 15.2. The molecule has 7 aromatic rings. The van der Waals surface area contributed by atoms with Crippen LogP contribution in [0.2, 0.25) is 5.15 Å². The Balaban J connectivity index is 0.000000404. The quantitative estimate of drug-likeness (QED) is 0.0176. The second-order valence-electron chi connectivity index (χ2n) is 35.4. The number of nitrogens with one attached hydrogen (secondary N) is 3. The molecule has 5 aromatic heterocycles. The van der Waals surface area contributed by atoms with Crippen LogP contribution in [-0.2, 0) is 93.7 Å². The van der Waals surface area contributed by atoms with E-state index in [1.165, 1.54) is 30.7 Å². The standard InChI is InChI=1S/C20H25ClN4O3.C20H27N5O3.C14H26O4S.C13H20N4O2.C13H24O5.C5H13NO2S.C4H11NO3.ClH/c2*1-2-20(11-26,12-27)24-8-16-9-25(18-17(16)22-13-23-19(18)21)14-28-10-15-6-4-3-5-7-15;1-12(2,3)18-11(15)7-14(10-19-6)8-16-13(4,5)17-9-14;1-2-13(6-18,7-19)17-5-9-3-4-10-11(9)15-8-16-12(10)14;1-11(2,3)18-10(15)6-13(7-14)8-16-12(4,5)17-9-13;1-9-4-5(6,2-7)3-8;5-4(1-6,2-7)3-8;/h3-7,9,13,24,26-27H,2,8,10-12,14H2,1H3;3-7,9,13,24,26-27H,2,8,10-12,14H2,1H3,(H2,21,22,23);7-10H2,1-6H3;3,8,17-19H,2,4-7H2,1H3,(H2,14,15,16);14H,6-9H2,1-5H3;7-8H,2-4,6H2,1H3;6-8H,1-3,5H2;1H. The molecular formula is C89H147Cl2N15O22S2. The van der Waals surface area contributed by atoms with Gasteiger partial charge >= 0.3 is 11.9 Å². The minimum Gasteiger partial charge on any atom is -0.460 e. The molecule has 0 spiro atoms. The number of aliphatic hydroxyl groups is 12. The van der Waals surface area contributed by atoms with Crippen LogP contribution in [0.4, 0.5) is 11.6 Å². The van der Waals surface area contributed by atoms with Crippen LogP contribution in [0.15, 0.2) is 98.1 Å². The molecule has 130 heavy (non-hydrogen) atoms. The van der Waals surface area contributed by atoms with Gasteiger partial charge in [-0.2, -0.15) is 23.5 Å². The number of hydrogen-bond donors (Lipinski definition) is 19. The van der Waals surface area contributed by atoms with Gasteiger partial charge in [0.15, 0.2) is 22.5 Å². The van der Waals surface area contributed by atoms with Crippen molar-refractivity contribution in [3.63, 3.8) is 0 Å². The molecule has 3 aliphatic rings. The Kier molecular flexibility index (Phi) is 50.7. The van der Waals surface area contributed by atoms with E-state index in [1.807, 2.05) is 185 Å². The van der Waals surface area contributed by atoms with Gasteiger partial charge in [0.2, 0.25) is 0 Å². The van der Waals surface area contributed by atoms with Crippen molar-refractivity contribution in [3.8, 4) is 0 Å². The van der Waals surface area contributed by atoms with E-state index < -0.39 is 75.7 Å². The third kappa shape index (κ3) is 37.9. The van der Waals surface area contributed by atoms with E-state index in [0.717, 1.165) is 62.3 Å². The van der Waals surface area contributed by atoms with Gasteiger partial charge in [0, 0.05) is 65.6 Å². The first-order chi connectivity index (χ1) is 60.9. The lowest BCUT2D eigenvalue weighted by molar-refractivity contribution is -0.291. The third-order valence-electron chi connectivity index (χ3n) is 21.3. The fourth-order valence-corrected chi connectivity index (χ4v) is 14.4. The van der Waals surface area contributed by atoms with Crippen LogP contribution in [0, 0.1) is 10.8 Å². The first kappa shape index (κ1) is 118. The lowest BCUT2D eigenvalue weighted by atomic mass is 9.86. The van der Waals surface area contributed by atoms with Crippen molar-refractivity contribution in [2.24, 2.45) is 22.3 Å². The molecule has 0 saturated carbocycles. The molecule has 23 N–H and O–H groups in total. The van der Waals surface area contributed by atoms with E-state index in [1.54, 1.807) is 11.8 Å². The number of esters is 2. The summed E-state index contributed by atoms with van der Waals surface area (Å²) < 4.78 is 48.6. The lowest BCUT2D eigenvalue weighted by Gasteiger charge is -2.43. The van der Waals surface area contributed by atoms with Gasteiger partial charge in [-0.15, -0.1) is 12.4 Å². The van der Waals surface area contributed by atoms with Crippen LogP contribution >= 0.6 is 47.5 Å². The average molecular weight is 1910 g/mol. The molecule has 1 aliphatic carbocycles. The number of thioether (sulfide) groups is 2. The summed E-state index contributed by atoms with van der Waals surface area (Å²) in [5.41, 5.74) is 26.1. The van der Waals surface area contributed by atoms with Crippen molar-refractivity contribution in [1.82, 2.24) is 55.0 Å². The molecule has 41 heteroatoms. The summed E-state index contributed by atoms with van der Waals surface area (Å²) >= 11 is 9.53. The highest BCUT2D eigenvalue weighted by molar-refractivity contribution is 7.98. The zero-order valence-electron chi connectivity index (χ0n) is 78.1. The largest absolute Gasteiger partial charge is 0.460 e. The molecule has 2 aromatic carbocycles. The Labute approximate surface area is 783 Å². The summed E-state index contributed by atoms with van der Waals surface area (Å²) in [7, 11) is 0. The number of carbonyl (C=O) groups is 2. The third-order valence-corrected chi connectivity index (χ3v) is 23.4. The van der Waals surface area contributed by atoms with Crippen molar-refractivity contribution in [3.05, 3.63) is 137 Å². The molecule has 0 amide bonds. The predicted molar refractivity (Wildman–Crippen MR) is 506 cm³/mol. The number of hydrogen-bond acceptors (Lipinski definition) is 37. The molecule has 0 atom stereocenters. The van der Waals surface area contributed by atoms with Gasteiger partial charge in [-0.1, -0.05) is 99.1 Å². The highest BCUT2D eigenvalue weighted by Crippen LogP contribution is 2.38. The molecule has 2 saturated heterocycles. The van der Waals surface area contributed by atoms with Gasteiger partial charge in [0.05, 0.1) is 182 Å². The van der Waals surface area contributed by atoms with E-state index in [-0.39, 0.29) is 109 Å². The number of anilines is 2. The van der Waals surface area contributed by atoms with E-state index in [9.17, 15) is 45.3 Å². The number of benzene rings is 2. The summed E-state index contributed by atoms with van der Waals surface area (Å²) in [5.74, 6) is 0.551. The number of aliphatic hydroxyl groups excluding tert-OH is 12. The van der Waals surface area contributed by atoms with E-state index in [4.69, 9.17) is 98.0 Å². The number of nitrogens with zero attached hydrogens (tertiary/aromatic N) is 8. The van der Waals surface area contributed by atoms with Crippen LogP contribution in [0.25, 0.3) is 27.6 Å². The Morgan fingerprint density at radius 2 is 0.885 bits per heavy atom. The summed E-state index contributed by atoms with van der Waals surface area (Å²) in [4.78, 5) is 49.0. The van der Waals surface area contributed by atoms with E-state index in [2.05, 4.69) is 51.9 Å². The zero-order chi connectivity index (χ0) is 96.6. The molecule has 7 heterocycles. The van der Waals surface area contributed by atoms with E-state index in [0.29, 0.717) is 119 Å². The van der Waals surface area contributed by atoms with Crippen molar-refractivity contribution in [2.75, 3.05) is 148 Å². The number of fused-ring (bicyclic) bond motifs is 3. The number of allylic oxidation sites excluding steroid dienone is 1. The lowest BCUT2D eigenvalue weighted by Crippen LogP contribution is -2.51. The van der Waals surface area contributed by atoms with Crippen LogP contribution in [0.1, 0.15) is 156 Å². The molecule has 2 fully saturated rings. The summed E-state index contributed by atoms with van der Waals surface area (Å²) in [6.45, 7) is 26.3. The predicted octanol–water partition coefficient (Wildman–Crippen LogP) is 5.06. The first-order valence-electron chi connectivity index (χ1n) is 42.6. The molecule has 0 radical (unpaired) electrons. The summed E-state index contributed by atoms with van der Waals surface area (Å²) in [5, 5.41) is 119. The maximum Gasteiger partial charge on any atom is 0.307 e. The van der Waals surface area contributed by atoms with Gasteiger partial charge in [0.1, 0.15) is 60.5 Å². The molecule has 37 nitrogen and oxygen atoms in total. The van der Waals surface area contributed by atoms with Crippen LogP contribution in [0.3, 0.4) is 0 Å². The minimum absolute atomic E-state index is 0. The molecule has 736 valence electrons. The topological polar surface area (TPSA) is 578 Å². The molecule has 0 bridgehead atoms. The zero-order valence-corrected chi connectivity index (χ0v) is 81.3. The van der Waals surface area contributed by atoms with Gasteiger partial charge in [-0.05, 0) is 124 Å². The Bertz CT molecular complexity index is 4240. The second kappa shape index (κ2) is 56.0. The Morgan fingerprint density at radius 1 is 0.508 bits per heavy atom. The van der Waals surface area contributed by atoms with Gasteiger partial charge in [0.25, 0.3) is 0 Å². The van der Waals surface area contributed by atoms with Crippen molar-refractivity contribution < 1.29 is 109 Å².